The number of aromatic nitrogens is 2. The number of ether oxygens (including phenoxy) is 1. The highest BCUT2D eigenvalue weighted by molar-refractivity contribution is 7.90. The molecule has 0 aliphatic carbocycles. The molecule has 140 valence electrons. The molecule has 1 aromatic carbocycles. The highest BCUT2D eigenvalue weighted by atomic mass is 32.2. The van der Waals surface area contributed by atoms with Gasteiger partial charge in [0.05, 0.1) is 34.9 Å². The van der Waals surface area contributed by atoms with E-state index in [0.717, 1.165) is 9.65 Å². The Morgan fingerprint density at radius 3 is 2.12 bits per heavy atom. The van der Waals surface area contributed by atoms with Gasteiger partial charge in [0.1, 0.15) is 0 Å². The number of nitrogens with zero attached hydrogens (tertiary/aromatic N) is 2. The molecular weight excluding hydrogens is 355 g/mol. The predicted molar refractivity (Wildman–Crippen MR) is 98.3 cm³/mol. The second-order valence-electron chi connectivity index (χ2n) is 7.36. The first kappa shape index (κ1) is 18.9. The number of rotatable bonds is 4. The fourth-order valence-corrected chi connectivity index (χ4v) is 3.89. The molecule has 0 N–H and O–H groups in total. The molecule has 0 amide bonds. The van der Waals surface area contributed by atoms with Crippen LogP contribution in [0.2, 0.25) is 0 Å². The predicted octanol–water partition coefficient (Wildman–Crippen LogP) is 1.74. The van der Waals surface area contributed by atoms with Crippen molar-refractivity contribution in [3.8, 4) is 5.88 Å². The lowest BCUT2D eigenvalue weighted by Crippen LogP contribution is -2.41. The minimum atomic E-state index is -3.90. The smallest absolute Gasteiger partial charge is 0.481 e. The van der Waals surface area contributed by atoms with E-state index in [4.69, 9.17) is 14.0 Å². The van der Waals surface area contributed by atoms with Gasteiger partial charge in [-0.15, -0.1) is 4.09 Å². The SMILES string of the molecule is COc1c(B2OC(C)(C)C(C)(C)O2)cnn1S(=O)(=O)c1ccc(C)cc1. The largest absolute Gasteiger partial charge is 0.502 e. The number of hydrogen-bond donors (Lipinski definition) is 0. The molecule has 0 radical (unpaired) electrons. The van der Waals surface area contributed by atoms with Crippen molar-refractivity contribution in [2.45, 2.75) is 50.7 Å². The Morgan fingerprint density at radius 2 is 1.62 bits per heavy atom. The lowest BCUT2D eigenvalue weighted by Gasteiger charge is -2.32. The van der Waals surface area contributed by atoms with Gasteiger partial charge >= 0.3 is 7.12 Å². The Balaban J connectivity index is 2.03. The zero-order valence-corrected chi connectivity index (χ0v) is 16.6. The number of benzene rings is 1. The zero-order valence-electron chi connectivity index (χ0n) is 15.8. The minimum Gasteiger partial charge on any atom is -0.481 e. The number of methoxy groups -OCH3 is 1. The molecular formula is C17H23BN2O5S. The summed E-state index contributed by atoms with van der Waals surface area (Å²) >= 11 is 0. The quantitative estimate of drug-likeness (QED) is 0.754. The van der Waals surface area contributed by atoms with Gasteiger partial charge in [0.25, 0.3) is 10.0 Å². The number of hydrogen-bond acceptors (Lipinski definition) is 6. The topological polar surface area (TPSA) is 79.7 Å². The molecule has 1 aliphatic heterocycles. The lowest BCUT2D eigenvalue weighted by atomic mass is 9.81. The van der Waals surface area contributed by atoms with Crippen LogP contribution in [0.3, 0.4) is 0 Å². The first-order valence-corrected chi connectivity index (χ1v) is 9.73. The molecule has 1 aromatic heterocycles. The van der Waals surface area contributed by atoms with Gasteiger partial charge in [-0.3, -0.25) is 0 Å². The molecule has 9 heteroatoms. The van der Waals surface area contributed by atoms with Crippen LogP contribution in [0.15, 0.2) is 35.4 Å². The second kappa shape index (κ2) is 6.11. The van der Waals surface area contributed by atoms with Gasteiger partial charge in [0.15, 0.2) is 0 Å². The molecule has 0 atom stereocenters. The van der Waals surface area contributed by atoms with Crippen LogP contribution >= 0.6 is 0 Å². The Hall–Kier alpha value is -1.84. The summed E-state index contributed by atoms with van der Waals surface area (Å²) in [5.74, 6) is 0.0732. The van der Waals surface area contributed by atoms with E-state index in [1.807, 2.05) is 34.6 Å². The van der Waals surface area contributed by atoms with Gasteiger partial charge in [0.2, 0.25) is 5.88 Å². The Labute approximate surface area is 154 Å². The molecule has 1 fully saturated rings. The molecule has 2 heterocycles. The van der Waals surface area contributed by atoms with E-state index in [9.17, 15) is 8.42 Å². The third-order valence-electron chi connectivity index (χ3n) is 4.97. The summed E-state index contributed by atoms with van der Waals surface area (Å²) in [6, 6.07) is 6.55. The second-order valence-corrected chi connectivity index (χ2v) is 9.13. The molecule has 0 saturated carbocycles. The van der Waals surface area contributed by atoms with Crippen molar-refractivity contribution >= 4 is 22.6 Å². The van der Waals surface area contributed by atoms with E-state index >= 15 is 0 Å². The molecule has 3 rings (SSSR count). The summed E-state index contributed by atoms with van der Waals surface area (Å²) in [4.78, 5) is 0.130. The van der Waals surface area contributed by atoms with E-state index in [2.05, 4.69) is 5.10 Å². The molecule has 0 bridgehead atoms. The summed E-state index contributed by atoms with van der Waals surface area (Å²) in [6.45, 7) is 9.58. The first-order valence-electron chi connectivity index (χ1n) is 8.29. The Kier molecular flexibility index (Phi) is 4.45. The maximum absolute atomic E-state index is 12.9. The van der Waals surface area contributed by atoms with Crippen LogP contribution < -0.4 is 10.2 Å². The van der Waals surface area contributed by atoms with Crippen LogP contribution in [0.5, 0.6) is 5.88 Å². The molecule has 26 heavy (non-hydrogen) atoms. The standard InChI is InChI=1S/C17H23BN2O5S/c1-12-7-9-13(10-8-12)26(21,22)20-15(23-6)14(11-19-20)18-24-16(2,3)17(4,5)25-18/h7-11H,1-6H3. The van der Waals surface area contributed by atoms with Crippen molar-refractivity contribution in [2.24, 2.45) is 0 Å². The van der Waals surface area contributed by atoms with Crippen molar-refractivity contribution in [1.82, 2.24) is 9.19 Å². The Morgan fingerprint density at radius 1 is 1.08 bits per heavy atom. The van der Waals surface area contributed by atoms with Crippen molar-refractivity contribution in [3.05, 3.63) is 36.0 Å². The summed E-state index contributed by atoms with van der Waals surface area (Å²) < 4.78 is 44.1. The maximum Gasteiger partial charge on any atom is 0.502 e. The fraction of sp³-hybridized carbons (Fsp3) is 0.471. The van der Waals surface area contributed by atoms with Gasteiger partial charge in [0, 0.05) is 0 Å². The third kappa shape index (κ3) is 2.93. The van der Waals surface area contributed by atoms with Gasteiger partial charge in [-0.1, -0.05) is 17.7 Å². The highest BCUT2D eigenvalue weighted by Crippen LogP contribution is 2.37. The van der Waals surface area contributed by atoms with Crippen LogP contribution in [-0.2, 0) is 19.3 Å². The van der Waals surface area contributed by atoms with Crippen molar-refractivity contribution in [2.75, 3.05) is 7.11 Å². The highest BCUT2D eigenvalue weighted by Gasteiger charge is 2.53. The maximum atomic E-state index is 12.9. The van der Waals surface area contributed by atoms with Crippen LogP contribution in [-0.4, -0.2) is 43.0 Å². The molecule has 1 aliphatic rings. The van der Waals surface area contributed by atoms with E-state index < -0.39 is 28.3 Å². The monoisotopic (exact) mass is 378 g/mol. The fourth-order valence-electron chi connectivity index (χ4n) is 2.64. The van der Waals surface area contributed by atoms with Gasteiger partial charge in [-0.2, -0.15) is 13.5 Å². The minimum absolute atomic E-state index is 0.0732. The van der Waals surface area contributed by atoms with Crippen LogP contribution in [0.4, 0.5) is 0 Å². The van der Waals surface area contributed by atoms with Gasteiger partial charge < -0.3 is 14.0 Å². The summed E-state index contributed by atoms with van der Waals surface area (Å²) in [6.07, 6.45) is 1.41. The van der Waals surface area contributed by atoms with Gasteiger partial charge in [-0.25, -0.2) is 0 Å². The average molecular weight is 378 g/mol. The van der Waals surface area contributed by atoms with Gasteiger partial charge in [-0.05, 0) is 46.8 Å². The average Bonchev–Trinajstić information content (AvgIpc) is 3.06. The van der Waals surface area contributed by atoms with Crippen LogP contribution in [0, 0.1) is 6.92 Å². The molecule has 2 aromatic rings. The first-order chi connectivity index (χ1) is 12.0. The zero-order chi connectivity index (χ0) is 19.3. The Bertz CT molecular complexity index is 903. The summed E-state index contributed by atoms with van der Waals surface area (Å²) in [5, 5.41) is 4.04. The van der Waals surface area contributed by atoms with Crippen LogP contribution in [0.25, 0.3) is 0 Å². The summed E-state index contributed by atoms with van der Waals surface area (Å²) in [7, 11) is -3.27. The lowest BCUT2D eigenvalue weighted by molar-refractivity contribution is 0.00578. The van der Waals surface area contributed by atoms with E-state index in [1.165, 1.54) is 13.3 Å². The normalized spacial score (nSPS) is 18.9. The summed E-state index contributed by atoms with van der Waals surface area (Å²) in [5.41, 5.74) is 0.289. The third-order valence-corrected chi connectivity index (χ3v) is 6.55. The van der Waals surface area contributed by atoms with E-state index in [1.54, 1.807) is 24.3 Å². The van der Waals surface area contributed by atoms with E-state index in [0.29, 0.717) is 5.46 Å². The van der Waals surface area contributed by atoms with Crippen molar-refractivity contribution in [3.63, 3.8) is 0 Å². The molecule has 0 unspecified atom stereocenters. The molecule has 7 nitrogen and oxygen atoms in total. The van der Waals surface area contributed by atoms with Crippen molar-refractivity contribution < 1.29 is 22.5 Å². The van der Waals surface area contributed by atoms with E-state index in [-0.39, 0.29) is 10.8 Å². The molecule has 0 spiro atoms. The molecule has 1 saturated heterocycles. The van der Waals surface area contributed by atoms with Crippen molar-refractivity contribution in [1.29, 1.82) is 0 Å². The van der Waals surface area contributed by atoms with Crippen LogP contribution in [0.1, 0.15) is 33.3 Å². The number of aryl methyl sites for hydroxylation is 1.